The molecule has 0 fully saturated rings. The molecule has 1 heterocycles. The predicted molar refractivity (Wildman–Crippen MR) is 106 cm³/mol. The van der Waals surface area contributed by atoms with Crippen molar-refractivity contribution in [2.75, 3.05) is 13.1 Å². The van der Waals surface area contributed by atoms with Gasteiger partial charge in [-0.25, -0.2) is 0 Å². The van der Waals surface area contributed by atoms with Gasteiger partial charge in [-0.05, 0) is 37.0 Å². The summed E-state index contributed by atoms with van der Waals surface area (Å²) in [6, 6.07) is 16.1. The largest absolute Gasteiger partial charge is 0.354 e. The zero-order valence-corrected chi connectivity index (χ0v) is 16.0. The highest BCUT2D eigenvalue weighted by molar-refractivity contribution is 6.06. The zero-order chi connectivity index (χ0) is 19.0. The van der Waals surface area contributed by atoms with Crippen molar-refractivity contribution in [1.82, 2.24) is 10.2 Å². The van der Waals surface area contributed by atoms with E-state index in [4.69, 9.17) is 0 Å². The Morgan fingerprint density at radius 3 is 2.63 bits per heavy atom. The number of amides is 1. The van der Waals surface area contributed by atoms with Crippen molar-refractivity contribution in [3.05, 3.63) is 70.8 Å². The van der Waals surface area contributed by atoms with Gasteiger partial charge in [-0.1, -0.05) is 48.5 Å². The van der Waals surface area contributed by atoms with Crippen LogP contribution in [0.25, 0.3) is 0 Å². The van der Waals surface area contributed by atoms with E-state index < -0.39 is 0 Å². The van der Waals surface area contributed by atoms with Crippen LogP contribution in [0, 0.1) is 0 Å². The van der Waals surface area contributed by atoms with E-state index in [1.54, 1.807) is 0 Å². The molecule has 2 aromatic rings. The Morgan fingerprint density at radius 2 is 1.81 bits per heavy atom. The van der Waals surface area contributed by atoms with Crippen molar-refractivity contribution >= 4 is 11.7 Å². The second-order valence-electron chi connectivity index (χ2n) is 8.24. The van der Waals surface area contributed by atoms with E-state index in [1.165, 1.54) is 11.1 Å². The second-order valence-corrected chi connectivity index (χ2v) is 8.24. The first-order valence-electron chi connectivity index (χ1n) is 9.67. The lowest BCUT2D eigenvalue weighted by Crippen LogP contribution is -2.53. The van der Waals surface area contributed by atoms with Crippen molar-refractivity contribution in [2.45, 2.75) is 44.7 Å². The molecule has 4 nitrogen and oxygen atoms in total. The number of ketones is 1. The summed E-state index contributed by atoms with van der Waals surface area (Å²) in [5.41, 5.74) is 4.22. The van der Waals surface area contributed by atoms with Crippen LogP contribution in [0.2, 0.25) is 0 Å². The van der Waals surface area contributed by atoms with Crippen molar-refractivity contribution in [3.63, 3.8) is 0 Å². The fourth-order valence-electron chi connectivity index (χ4n) is 4.24. The van der Waals surface area contributed by atoms with Crippen LogP contribution in [0.3, 0.4) is 0 Å². The third-order valence-corrected chi connectivity index (χ3v) is 6.02. The average molecular weight is 362 g/mol. The number of hydrogen-bond acceptors (Lipinski definition) is 3. The lowest BCUT2D eigenvalue weighted by molar-refractivity contribution is -0.123. The van der Waals surface area contributed by atoms with Crippen molar-refractivity contribution in [3.8, 4) is 0 Å². The van der Waals surface area contributed by atoms with Crippen LogP contribution in [0.1, 0.15) is 53.2 Å². The maximum absolute atomic E-state index is 12.8. The topological polar surface area (TPSA) is 49.4 Å². The van der Waals surface area contributed by atoms with Gasteiger partial charge in [0.2, 0.25) is 5.91 Å². The van der Waals surface area contributed by atoms with Gasteiger partial charge < -0.3 is 5.32 Å². The summed E-state index contributed by atoms with van der Waals surface area (Å²) in [5.74, 6) is -0.331. The molecule has 0 radical (unpaired) electrons. The Morgan fingerprint density at radius 1 is 1.11 bits per heavy atom. The molecule has 1 aliphatic heterocycles. The maximum Gasteiger partial charge on any atom is 0.228 e. The molecule has 0 aromatic heterocycles. The van der Waals surface area contributed by atoms with E-state index in [0.717, 1.165) is 25.1 Å². The fraction of sp³-hybridized carbons (Fsp3) is 0.391. The summed E-state index contributed by atoms with van der Waals surface area (Å²) in [5, 5.41) is 3.11. The normalized spacial score (nSPS) is 19.5. The van der Waals surface area contributed by atoms with E-state index in [9.17, 15) is 9.59 Å². The van der Waals surface area contributed by atoms with Crippen LogP contribution >= 0.6 is 0 Å². The van der Waals surface area contributed by atoms with Crippen LogP contribution in [-0.4, -0.2) is 35.2 Å². The first-order chi connectivity index (χ1) is 13.0. The van der Waals surface area contributed by atoms with E-state index in [2.05, 4.69) is 48.3 Å². The molecule has 4 rings (SSSR count). The number of nitrogens with one attached hydrogen (secondary N) is 1. The monoisotopic (exact) mass is 362 g/mol. The molecular weight excluding hydrogens is 336 g/mol. The van der Waals surface area contributed by atoms with Gasteiger partial charge in [0.25, 0.3) is 0 Å². The van der Waals surface area contributed by atoms with Gasteiger partial charge in [-0.15, -0.1) is 0 Å². The number of rotatable bonds is 4. The predicted octanol–water partition coefficient (Wildman–Crippen LogP) is 3.31. The highest BCUT2D eigenvalue weighted by Crippen LogP contribution is 2.33. The molecular formula is C23H26N2O2. The van der Waals surface area contributed by atoms with Gasteiger partial charge in [0.1, 0.15) is 0 Å². The summed E-state index contributed by atoms with van der Waals surface area (Å²) in [6.45, 7) is 6.82. The lowest BCUT2D eigenvalue weighted by atomic mass is 9.93. The molecule has 1 atom stereocenters. The zero-order valence-electron chi connectivity index (χ0n) is 16.0. The Bertz CT molecular complexity index is 887. The highest BCUT2D eigenvalue weighted by Gasteiger charge is 2.35. The molecule has 27 heavy (non-hydrogen) atoms. The molecule has 2 aromatic carbocycles. The van der Waals surface area contributed by atoms with E-state index in [1.807, 2.05) is 24.3 Å². The van der Waals surface area contributed by atoms with E-state index in [-0.39, 0.29) is 29.6 Å². The molecule has 4 heteroatoms. The van der Waals surface area contributed by atoms with Crippen LogP contribution in [0.5, 0.6) is 0 Å². The summed E-state index contributed by atoms with van der Waals surface area (Å²) in [6.07, 6.45) is 1.32. The van der Waals surface area contributed by atoms with Gasteiger partial charge >= 0.3 is 0 Å². The van der Waals surface area contributed by atoms with E-state index in [0.29, 0.717) is 12.1 Å². The van der Waals surface area contributed by atoms with Crippen molar-refractivity contribution in [1.29, 1.82) is 0 Å². The van der Waals surface area contributed by atoms with Crippen LogP contribution in [0.4, 0.5) is 0 Å². The van der Waals surface area contributed by atoms with E-state index >= 15 is 0 Å². The Labute approximate surface area is 160 Å². The molecule has 0 spiro atoms. The fourth-order valence-corrected chi connectivity index (χ4v) is 4.24. The Balaban J connectivity index is 1.41. The molecule has 1 amide bonds. The van der Waals surface area contributed by atoms with Gasteiger partial charge in [0.15, 0.2) is 5.78 Å². The number of benzene rings is 2. The molecule has 1 aliphatic carbocycles. The minimum atomic E-state index is -0.355. The van der Waals surface area contributed by atoms with Gasteiger partial charge in [0, 0.05) is 37.2 Å². The second kappa shape index (κ2) is 6.93. The number of carbonyl (C=O) groups is 2. The smallest absolute Gasteiger partial charge is 0.228 e. The number of Topliss-reactive ketones (excluding diaryl/α,β-unsaturated/α-hetero) is 1. The highest BCUT2D eigenvalue weighted by atomic mass is 16.2. The minimum Gasteiger partial charge on any atom is -0.354 e. The SMILES string of the molecule is CC(C)(CNC(=O)C1CC(=O)c2ccccc21)N1CCc2ccccc2C1. The van der Waals surface area contributed by atoms with Gasteiger partial charge in [0.05, 0.1) is 5.92 Å². The lowest BCUT2D eigenvalue weighted by Gasteiger charge is -2.41. The standard InChI is InChI=1S/C23H26N2O2/c1-23(2,25-12-11-16-7-3-4-8-17(16)14-25)15-24-22(27)20-13-21(26)19-10-6-5-9-18(19)20/h3-10,20H,11-15H2,1-2H3,(H,24,27). The van der Waals surface area contributed by atoms with Crippen LogP contribution < -0.4 is 5.32 Å². The minimum absolute atomic E-state index is 0.0428. The molecule has 2 aliphatic rings. The van der Waals surface area contributed by atoms with Crippen LogP contribution in [-0.2, 0) is 17.8 Å². The number of hydrogen-bond donors (Lipinski definition) is 1. The summed E-state index contributed by atoms with van der Waals surface area (Å²) >= 11 is 0. The first kappa shape index (κ1) is 17.9. The summed E-state index contributed by atoms with van der Waals surface area (Å²) in [4.78, 5) is 27.4. The summed E-state index contributed by atoms with van der Waals surface area (Å²) in [7, 11) is 0. The number of nitrogens with zero attached hydrogens (tertiary/aromatic N) is 1. The molecule has 0 bridgehead atoms. The molecule has 1 unspecified atom stereocenters. The van der Waals surface area contributed by atoms with Gasteiger partial charge in [-0.3, -0.25) is 14.5 Å². The Kier molecular flexibility index (Phi) is 4.60. The van der Waals surface area contributed by atoms with Crippen LogP contribution in [0.15, 0.2) is 48.5 Å². The average Bonchev–Trinajstić information content (AvgIpc) is 3.03. The third-order valence-electron chi connectivity index (χ3n) is 6.02. The van der Waals surface area contributed by atoms with Gasteiger partial charge in [-0.2, -0.15) is 0 Å². The first-order valence-corrected chi connectivity index (χ1v) is 9.67. The van der Waals surface area contributed by atoms with Crippen molar-refractivity contribution < 1.29 is 9.59 Å². The quantitative estimate of drug-likeness (QED) is 0.908. The third kappa shape index (κ3) is 3.42. The number of fused-ring (bicyclic) bond motifs is 2. The molecule has 140 valence electrons. The molecule has 1 N–H and O–H groups in total. The molecule has 0 saturated heterocycles. The van der Waals surface area contributed by atoms with Crippen molar-refractivity contribution in [2.24, 2.45) is 0 Å². The number of carbonyl (C=O) groups excluding carboxylic acids is 2. The Hall–Kier alpha value is -2.46. The molecule has 0 saturated carbocycles. The maximum atomic E-state index is 12.8. The summed E-state index contributed by atoms with van der Waals surface area (Å²) < 4.78 is 0.